The molecule has 5 nitrogen and oxygen atoms in total. The van der Waals surface area contributed by atoms with Crippen LogP contribution in [0.5, 0.6) is 0 Å². The van der Waals surface area contributed by atoms with Gasteiger partial charge in [0.25, 0.3) is 6.43 Å². The van der Waals surface area contributed by atoms with E-state index in [9.17, 15) is 39.9 Å². The first-order valence-corrected chi connectivity index (χ1v) is 6.85. The van der Waals surface area contributed by atoms with Gasteiger partial charge < -0.3 is 4.42 Å². The van der Waals surface area contributed by atoms with Crippen LogP contribution in [0.2, 0.25) is 0 Å². The summed E-state index contributed by atoms with van der Waals surface area (Å²) >= 11 is 0. The van der Waals surface area contributed by atoms with Gasteiger partial charge in [0.15, 0.2) is 11.3 Å². The van der Waals surface area contributed by atoms with Crippen LogP contribution in [0.25, 0.3) is 22.4 Å². The van der Waals surface area contributed by atoms with Gasteiger partial charge in [-0.3, -0.25) is 9.97 Å². The zero-order valence-corrected chi connectivity index (χ0v) is 12.5. The number of aromatic amines is 1. The predicted molar refractivity (Wildman–Crippen MR) is 72.8 cm³/mol. The predicted octanol–water partition coefficient (Wildman–Crippen LogP) is 4.55. The molecule has 0 atom stereocenters. The second-order valence-electron chi connectivity index (χ2n) is 5.16. The van der Waals surface area contributed by atoms with Crippen molar-refractivity contribution < 1.29 is 39.5 Å². The van der Waals surface area contributed by atoms with Gasteiger partial charge in [-0.05, 0) is 12.1 Å². The van der Waals surface area contributed by atoms with E-state index < -0.39 is 63.8 Å². The average Bonchev–Trinajstić information content (AvgIpc) is 2.92. The largest absolute Gasteiger partial charge is 0.435 e. The molecule has 0 saturated carbocycles. The summed E-state index contributed by atoms with van der Waals surface area (Å²) in [5.41, 5.74) is -7.66. The lowest BCUT2D eigenvalue weighted by Gasteiger charge is -2.13. The Morgan fingerprint density at radius 2 is 1.70 bits per heavy atom. The van der Waals surface area contributed by atoms with Crippen molar-refractivity contribution in [2.24, 2.45) is 0 Å². The molecule has 13 heteroatoms. The molecule has 3 aromatic rings. The van der Waals surface area contributed by atoms with E-state index in [1.807, 2.05) is 0 Å². The third kappa shape index (κ3) is 3.36. The Kier molecular flexibility index (Phi) is 4.19. The molecule has 1 aromatic carbocycles. The number of rotatable bonds is 2. The van der Waals surface area contributed by atoms with E-state index in [0.29, 0.717) is 18.3 Å². The molecule has 2 heterocycles. The Hall–Kier alpha value is -2.99. The highest BCUT2D eigenvalue weighted by atomic mass is 19.4. The summed E-state index contributed by atoms with van der Waals surface area (Å²) in [5, 5.41) is 0. The van der Waals surface area contributed by atoms with Crippen LogP contribution in [-0.2, 0) is 12.4 Å². The van der Waals surface area contributed by atoms with Crippen LogP contribution in [-0.4, -0.2) is 15.0 Å². The maximum atomic E-state index is 13.0. The maximum Gasteiger partial charge on any atom is 0.435 e. The lowest BCUT2D eigenvalue weighted by molar-refractivity contribution is -0.143. The fourth-order valence-corrected chi connectivity index (χ4v) is 2.37. The molecule has 0 radical (unpaired) electrons. The molecule has 27 heavy (non-hydrogen) atoms. The van der Waals surface area contributed by atoms with Crippen molar-refractivity contribution in [3.8, 4) is 11.3 Å². The van der Waals surface area contributed by atoms with Crippen LogP contribution >= 0.6 is 0 Å². The number of hydrogen-bond donors (Lipinski definition) is 1. The van der Waals surface area contributed by atoms with Gasteiger partial charge in [0, 0.05) is 5.56 Å². The fourth-order valence-electron chi connectivity index (χ4n) is 2.37. The van der Waals surface area contributed by atoms with E-state index in [-0.39, 0.29) is 0 Å². The highest BCUT2D eigenvalue weighted by Gasteiger charge is 2.40. The Balaban J connectivity index is 2.30. The van der Waals surface area contributed by atoms with Gasteiger partial charge in [0.1, 0.15) is 11.2 Å². The van der Waals surface area contributed by atoms with Gasteiger partial charge in [0.2, 0.25) is 0 Å². The monoisotopic (exact) mass is 399 g/mol. The third-order valence-electron chi connectivity index (χ3n) is 3.44. The van der Waals surface area contributed by atoms with Crippen molar-refractivity contribution in [1.29, 1.82) is 0 Å². The van der Waals surface area contributed by atoms with Crippen molar-refractivity contribution in [2.45, 2.75) is 18.8 Å². The first-order valence-electron chi connectivity index (χ1n) is 6.85. The van der Waals surface area contributed by atoms with Crippen molar-refractivity contribution in [2.75, 3.05) is 0 Å². The average molecular weight is 399 g/mol. The topological polar surface area (TPSA) is 71.8 Å². The van der Waals surface area contributed by atoms with Crippen LogP contribution in [0.4, 0.5) is 35.1 Å². The molecule has 0 aliphatic rings. The molecular formula is C14H5F8N3O2. The van der Waals surface area contributed by atoms with Crippen molar-refractivity contribution in [3.05, 3.63) is 45.8 Å². The first-order chi connectivity index (χ1) is 12.4. The second-order valence-corrected chi connectivity index (χ2v) is 5.16. The number of benzene rings is 1. The minimum atomic E-state index is -5.29. The van der Waals surface area contributed by atoms with Crippen LogP contribution < -0.4 is 5.76 Å². The van der Waals surface area contributed by atoms with Crippen LogP contribution in [0.15, 0.2) is 27.5 Å². The number of alkyl halides is 8. The number of fused-ring (bicyclic) bond motifs is 1. The van der Waals surface area contributed by atoms with Crippen LogP contribution in [0.1, 0.15) is 23.4 Å². The lowest BCUT2D eigenvalue weighted by atomic mass is 10.1. The normalized spacial score (nSPS) is 12.9. The van der Waals surface area contributed by atoms with E-state index in [0.717, 1.165) is 0 Å². The van der Waals surface area contributed by atoms with Gasteiger partial charge in [0.05, 0.1) is 17.5 Å². The van der Waals surface area contributed by atoms with E-state index in [4.69, 9.17) is 0 Å². The zero-order chi connectivity index (χ0) is 20.1. The number of oxazole rings is 1. The summed E-state index contributed by atoms with van der Waals surface area (Å²) in [5.74, 6) is -1.30. The van der Waals surface area contributed by atoms with E-state index in [2.05, 4.69) is 14.4 Å². The van der Waals surface area contributed by atoms with Crippen molar-refractivity contribution >= 4 is 11.1 Å². The Morgan fingerprint density at radius 1 is 1.04 bits per heavy atom. The minimum Gasteiger partial charge on any atom is -0.407 e. The SMILES string of the molecule is O=c1[nH]c2c(C(F)(F)F)ccc(-c3cnc(C(F)F)c(C(F)(F)F)n3)c2o1. The summed E-state index contributed by atoms with van der Waals surface area (Å²) in [6.07, 6.45) is -13.3. The number of nitrogens with zero attached hydrogens (tertiary/aromatic N) is 2. The molecule has 0 unspecified atom stereocenters. The van der Waals surface area contributed by atoms with Gasteiger partial charge in [-0.2, -0.15) is 26.3 Å². The Morgan fingerprint density at radius 3 is 2.26 bits per heavy atom. The maximum absolute atomic E-state index is 13.0. The molecular weight excluding hydrogens is 394 g/mol. The lowest BCUT2D eigenvalue weighted by Crippen LogP contribution is -2.14. The van der Waals surface area contributed by atoms with E-state index in [1.54, 1.807) is 4.98 Å². The summed E-state index contributed by atoms with van der Waals surface area (Å²) in [7, 11) is 0. The molecule has 0 aliphatic carbocycles. The molecule has 1 N–H and O–H groups in total. The van der Waals surface area contributed by atoms with Gasteiger partial charge in [-0.15, -0.1) is 0 Å². The molecule has 0 spiro atoms. The summed E-state index contributed by atoms with van der Waals surface area (Å²) in [6, 6.07) is 1.19. The van der Waals surface area contributed by atoms with E-state index in [1.165, 1.54) is 0 Å². The molecule has 0 bridgehead atoms. The quantitative estimate of drug-likeness (QED) is 0.642. The van der Waals surface area contributed by atoms with Gasteiger partial charge in [-0.25, -0.2) is 18.6 Å². The number of nitrogens with one attached hydrogen (secondary N) is 1. The van der Waals surface area contributed by atoms with Crippen molar-refractivity contribution in [3.63, 3.8) is 0 Å². The molecule has 0 saturated heterocycles. The highest BCUT2D eigenvalue weighted by Crippen LogP contribution is 2.39. The number of halogens is 8. The molecule has 2 aromatic heterocycles. The highest BCUT2D eigenvalue weighted by molar-refractivity contribution is 5.91. The van der Waals surface area contributed by atoms with E-state index >= 15 is 0 Å². The standard InChI is InChI=1S/C14H5F8N3O2/c15-11(16)8-10(14(20,21)22)24-6(3-23-8)4-1-2-5(13(17,18)19)7-9(4)27-12(26)25-7/h1-3,11H,(H,25,26). The Bertz CT molecular complexity index is 1060. The molecule has 3 rings (SSSR count). The second kappa shape index (κ2) is 6.03. The zero-order valence-electron chi connectivity index (χ0n) is 12.5. The smallest absolute Gasteiger partial charge is 0.407 e. The minimum absolute atomic E-state index is 0.463. The van der Waals surface area contributed by atoms with Crippen LogP contribution in [0, 0.1) is 0 Å². The third-order valence-corrected chi connectivity index (χ3v) is 3.44. The number of H-pyrrole nitrogens is 1. The molecule has 0 fully saturated rings. The fraction of sp³-hybridized carbons (Fsp3) is 0.214. The molecule has 0 amide bonds. The summed E-state index contributed by atoms with van der Waals surface area (Å²) in [4.78, 5) is 19.2. The Labute approximate surface area is 142 Å². The molecule has 144 valence electrons. The van der Waals surface area contributed by atoms with Gasteiger partial charge in [-0.1, -0.05) is 0 Å². The summed E-state index contributed by atoms with van der Waals surface area (Å²) in [6.45, 7) is 0. The van der Waals surface area contributed by atoms with Gasteiger partial charge >= 0.3 is 18.1 Å². The number of aromatic nitrogens is 3. The van der Waals surface area contributed by atoms with Crippen LogP contribution in [0.3, 0.4) is 0 Å². The van der Waals surface area contributed by atoms with Crippen molar-refractivity contribution in [1.82, 2.24) is 15.0 Å². The first kappa shape index (κ1) is 18.8. The molecule has 0 aliphatic heterocycles. The number of hydrogen-bond acceptors (Lipinski definition) is 4. The summed E-state index contributed by atoms with van der Waals surface area (Å²) < 4.78 is 108.